The van der Waals surface area contributed by atoms with E-state index in [1.165, 1.54) is 12.1 Å². The molecule has 0 spiro atoms. The van der Waals surface area contributed by atoms with E-state index >= 15 is 0 Å². The fourth-order valence-electron chi connectivity index (χ4n) is 5.21. The average Bonchev–Trinajstić information content (AvgIpc) is 3.17. The summed E-state index contributed by atoms with van der Waals surface area (Å²) < 4.78 is 13.4. The van der Waals surface area contributed by atoms with Crippen molar-refractivity contribution in [1.82, 2.24) is 4.90 Å². The minimum atomic E-state index is -0.759. The Morgan fingerprint density at radius 3 is 2.26 bits per heavy atom. The van der Waals surface area contributed by atoms with Crippen molar-refractivity contribution in [2.75, 3.05) is 11.9 Å². The number of anilines is 1. The van der Waals surface area contributed by atoms with E-state index in [4.69, 9.17) is 12.2 Å². The molecular weight excluding hydrogens is 499 g/mol. The van der Waals surface area contributed by atoms with Gasteiger partial charge in [-0.15, -0.1) is 0 Å². The first-order valence-electron chi connectivity index (χ1n) is 12.5. The Morgan fingerprint density at radius 1 is 0.868 bits per heavy atom. The van der Waals surface area contributed by atoms with Crippen LogP contribution in [0.3, 0.4) is 0 Å². The molecule has 1 unspecified atom stereocenters. The van der Waals surface area contributed by atoms with Crippen LogP contribution >= 0.6 is 12.2 Å². The highest BCUT2D eigenvalue weighted by Crippen LogP contribution is 2.44. The maximum absolute atomic E-state index is 13.4. The number of likely N-dealkylation sites (N-methyl/N-ethyl adjacent to an activating group) is 1. The van der Waals surface area contributed by atoms with E-state index in [1.807, 2.05) is 65.4 Å². The number of para-hydroxylation sites is 1. The number of aromatic hydroxyl groups is 2. The molecule has 7 heteroatoms. The second-order valence-corrected chi connectivity index (χ2v) is 9.94. The van der Waals surface area contributed by atoms with Crippen molar-refractivity contribution in [3.8, 4) is 22.6 Å². The minimum absolute atomic E-state index is 0.124. The number of hydrogen-bond donors (Lipinski definition) is 3. The lowest BCUT2D eigenvalue weighted by Gasteiger charge is -2.30. The summed E-state index contributed by atoms with van der Waals surface area (Å²) >= 11 is 5.89. The van der Waals surface area contributed by atoms with Crippen LogP contribution in [0.5, 0.6) is 11.5 Å². The van der Waals surface area contributed by atoms with Crippen LogP contribution in [-0.4, -0.2) is 38.4 Å². The van der Waals surface area contributed by atoms with Gasteiger partial charge < -0.3 is 25.1 Å². The number of benzene rings is 4. The molecule has 1 heterocycles. The largest absolute Gasteiger partial charge is 0.508 e. The highest BCUT2D eigenvalue weighted by molar-refractivity contribution is 7.80. The number of aliphatic hydroxyl groups excluding tert-OH is 1. The lowest BCUT2D eigenvalue weighted by atomic mass is 9.91. The monoisotopic (exact) mass is 528 g/mol. The van der Waals surface area contributed by atoms with Crippen LogP contribution < -0.4 is 4.90 Å². The van der Waals surface area contributed by atoms with Gasteiger partial charge in [0.15, 0.2) is 5.11 Å². The zero-order valence-electron chi connectivity index (χ0n) is 20.9. The Morgan fingerprint density at radius 2 is 1.58 bits per heavy atom. The SMILES string of the molecule is CN1C(=S)N(c2ccccc2)[C@H](c2ccc(-c3cccc(O)c3)cc2O)[C@@H]1CCC(O)c1ccc(F)cc1. The third kappa shape index (κ3) is 5.08. The molecule has 1 aliphatic rings. The van der Waals surface area contributed by atoms with Gasteiger partial charge in [-0.05, 0) is 84.2 Å². The Balaban J connectivity index is 1.50. The summed E-state index contributed by atoms with van der Waals surface area (Å²) in [6.07, 6.45) is 0.257. The third-order valence-electron chi connectivity index (χ3n) is 7.20. The summed E-state index contributed by atoms with van der Waals surface area (Å²) in [5.41, 5.74) is 3.86. The van der Waals surface area contributed by atoms with Gasteiger partial charge in [0.25, 0.3) is 0 Å². The van der Waals surface area contributed by atoms with E-state index < -0.39 is 6.10 Å². The van der Waals surface area contributed by atoms with Crippen molar-refractivity contribution in [3.63, 3.8) is 0 Å². The second-order valence-electron chi connectivity index (χ2n) is 9.58. The van der Waals surface area contributed by atoms with Gasteiger partial charge in [0, 0.05) is 18.3 Å². The van der Waals surface area contributed by atoms with Crippen molar-refractivity contribution in [3.05, 3.63) is 114 Å². The number of thiocarbonyl (C=S) groups is 1. The number of phenols is 2. The van der Waals surface area contributed by atoms with Crippen LogP contribution in [0, 0.1) is 5.82 Å². The fraction of sp³-hybridized carbons (Fsp3) is 0.194. The van der Waals surface area contributed by atoms with Gasteiger partial charge in [-0.1, -0.05) is 54.6 Å². The van der Waals surface area contributed by atoms with Crippen molar-refractivity contribution in [2.24, 2.45) is 0 Å². The molecule has 4 aromatic rings. The number of phenolic OH excluding ortho intramolecular Hbond substituents is 2. The lowest BCUT2D eigenvalue weighted by molar-refractivity contribution is 0.152. The van der Waals surface area contributed by atoms with Crippen molar-refractivity contribution >= 4 is 23.0 Å². The molecule has 38 heavy (non-hydrogen) atoms. The molecule has 0 amide bonds. The van der Waals surface area contributed by atoms with E-state index in [-0.39, 0.29) is 29.4 Å². The summed E-state index contributed by atoms with van der Waals surface area (Å²) in [5.74, 6) is -0.0622. The van der Waals surface area contributed by atoms with Gasteiger partial charge in [-0.25, -0.2) is 4.39 Å². The first kappa shape index (κ1) is 25.7. The summed E-state index contributed by atoms with van der Waals surface area (Å²) in [7, 11) is 1.94. The molecule has 0 aromatic heterocycles. The number of halogens is 1. The smallest absolute Gasteiger partial charge is 0.176 e. The van der Waals surface area contributed by atoms with Crippen LogP contribution in [0.2, 0.25) is 0 Å². The Bertz CT molecular complexity index is 1430. The average molecular weight is 529 g/mol. The van der Waals surface area contributed by atoms with Crippen LogP contribution in [0.4, 0.5) is 10.1 Å². The van der Waals surface area contributed by atoms with Crippen LogP contribution in [0.15, 0.2) is 97.1 Å². The Kier molecular flexibility index (Phi) is 7.31. The summed E-state index contributed by atoms with van der Waals surface area (Å²) in [6.45, 7) is 0. The number of hydrogen-bond acceptors (Lipinski definition) is 4. The first-order valence-corrected chi connectivity index (χ1v) is 12.9. The first-order chi connectivity index (χ1) is 18.3. The number of aliphatic hydroxyl groups is 1. The predicted octanol–water partition coefficient (Wildman–Crippen LogP) is 6.56. The van der Waals surface area contributed by atoms with E-state index in [0.717, 1.165) is 16.8 Å². The van der Waals surface area contributed by atoms with Crippen molar-refractivity contribution < 1.29 is 19.7 Å². The number of rotatable bonds is 7. The minimum Gasteiger partial charge on any atom is -0.508 e. The summed E-state index contributed by atoms with van der Waals surface area (Å²) in [4.78, 5) is 4.07. The molecule has 1 aliphatic heterocycles. The molecule has 0 bridgehead atoms. The van der Waals surface area contributed by atoms with Gasteiger partial charge in [-0.3, -0.25) is 0 Å². The quantitative estimate of drug-likeness (QED) is 0.236. The van der Waals surface area contributed by atoms with E-state index in [0.29, 0.717) is 29.1 Å². The number of nitrogens with zero attached hydrogens (tertiary/aromatic N) is 2. The Labute approximate surface area is 227 Å². The molecule has 0 radical (unpaired) electrons. The highest BCUT2D eigenvalue weighted by Gasteiger charge is 2.44. The fourth-order valence-corrected chi connectivity index (χ4v) is 5.57. The predicted molar refractivity (Wildman–Crippen MR) is 152 cm³/mol. The van der Waals surface area contributed by atoms with Gasteiger partial charge in [0.2, 0.25) is 0 Å². The summed E-state index contributed by atoms with van der Waals surface area (Å²) in [6, 6.07) is 27.7. The lowest BCUT2D eigenvalue weighted by Crippen LogP contribution is -2.31. The van der Waals surface area contributed by atoms with Crippen LogP contribution in [-0.2, 0) is 0 Å². The maximum atomic E-state index is 13.4. The van der Waals surface area contributed by atoms with E-state index in [1.54, 1.807) is 36.4 Å². The van der Waals surface area contributed by atoms with Gasteiger partial charge in [0.05, 0.1) is 18.2 Å². The van der Waals surface area contributed by atoms with Gasteiger partial charge in [0.1, 0.15) is 17.3 Å². The van der Waals surface area contributed by atoms with Crippen LogP contribution in [0.1, 0.15) is 36.1 Å². The van der Waals surface area contributed by atoms with E-state index in [9.17, 15) is 19.7 Å². The van der Waals surface area contributed by atoms with Crippen molar-refractivity contribution in [1.29, 1.82) is 0 Å². The molecule has 4 aromatic carbocycles. The molecule has 0 aliphatic carbocycles. The highest BCUT2D eigenvalue weighted by atomic mass is 32.1. The van der Waals surface area contributed by atoms with Crippen molar-refractivity contribution in [2.45, 2.75) is 31.0 Å². The normalized spacial score (nSPS) is 18.1. The molecule has 3 atom stereocenters. The third-order valence-corrected chi connectivity index (χ3v) is 7.69. The van der Waals surface area contributed by atoms with Gasteiger partial charge >= 0.3 is 0 Å². The summed E-state index contributed by atoms with van der Waals surface area (Å²) in [5, 5.41) is 32.6. The Hall–Kier alpha value is -3.94. The topological polar surface area (TPSA) is 67.2 Å². The molecule has 1 fully saturated rings. The molecule has 5 rings (SSSR count). The molecule has 3 N–H and O–H groups in total. The molecular formula is C31H29FN2O3S. The molecule has 1 saturated heterocycles. The van der Waals surface area contributed by atoms with Gasteiger partial charge in [-0.2, -0.15) is 0 Å². The van der Waals surface area contributed by atoms with Crippen LogP contribution in [0.25, 0.3) is 11.1 Å². The maximum Gasteiger partial charge on any atom is 0.176 e. The zero-order chi connectivity index (χ0) is 26.8. The molecule has 5 nitrogen and oxygen atoms in total. The van der Waals surface area contributed by atoms with E-state index in [2.05, 4.69) is 0 Å². The zero-order valence-corrected chi connectivity index (χ0v) is 21.7. The second kappa shape index (κ2) is 10.8. The molecule has 194 valence electrons. The molecule has 0 saturated carbocycles. The standard InChI is InChI=1S/C31H29FN2O3S/c1-33-27(16-17-28(36)20-10-13-23(32)14-11-20)30(34(31(33)38)24-7-3-2-4-8-24)26-15-12-22(19-29(26)37)21-6-5-9-25(35)18-21/h2-15,18-19,27-28,30,35-37H,16-17H2,1H3/t27-,28?,30+/m0/s1.